The van der Waals surface area contributed by atoms with Crippen molar-refractivity contribution in [2.45, 2.75) is 0 Å². The Morgan fingerprint density at radius 3 is 1.08 bits per heavy atom. The molecule has 0 saturated carbocycles. The van der Waals surface area contributed by atoms with Crippen LogP contribution in [0.4, 0.5) is 29.0 Å². The Morgan fingerprint density at radius 1 is 0.248 bits per heavy atom. The van der Waals surface area contributed by atoms with Gasteiger partial charge < -0.3 is 5.32 Å². The number of rotatable bonds is 9. The largest absolute Gasteiger partial charge is 0.325 e. The average molecular weight is 1410 g/mol. The third-order valence-electron chi connectivity index (χ3n) is 19.1. The number of aromatic nitrogens is 8. The smallest absolute Gasteiger partial charge is 0.220 e. The third kappa shape index (κ3) is 12.6. The van der Waals surface area contributed by atoms with Crippen LogP contribution >= 0.6 is 15.9 Å². The molecule has 0 amide bonds. The van der Waals surface area contributed by atoms with E-state index in [1.54, 1.807) is 0 Å². The van der Waals surface area contributed by atoms with Crippen LogP contribution < -0.4 is 10.2 Å². The number of hydrogen-bond donors (Lipinski definition) is 1. The van der Waals surface area contributed by atoms with Crippen LogP contribution in [0.2, 0.25) is 0 Å². The van der Waals surface area contributed by atoms with Crippen molar-refractivity contribution >= 4 is 67.0 Å². The molecule has 1 N–H and O–H groups in total. The fraction of sp³-hybridized carbons (Fsp3) is 0. The summed E-state index contributed by atoms with van der Waals surface area (Å²) in [5.74, 6) is 3.17. The highest BCUT2D eigenvalue weighted by Gasteiger charge is 2.29. The summed E-state index contributed by atoms with van der Waals surface area (Å²) in [5.41, 5.74) is 28.9. The number of nitrogens with zero attached hydrogens (tertiary/aromatic N) is 9. The molecule has 2 aliphatic rings. The molecule has 0 atom stereocenters. The fourth-order valence-electron chi connectivity index (χ4n) is 14.0. The summed E-state index contributed by atoms with van der Waals surface area (Å²) in [6.07, 6.45) is 0. The summed E-state index contributed by atoms with van der Waals surface area (Å²) in [6, 6.07) is 130. The minimum Gasteiger partial charge on any atom is -0.325 e. The van der Waals surface area contributed by atoms with Gasteiger partial charge in [-0.3, -0.25) is 14.0 Å². The summed E-state index contributed by atoms with van der Waals surface area (Å²) in [4.78, 5) is 32.0. The Labute approximate surface area is 616 Å². The Bertz CT molecular complexity index is 6050. The van der Waals surface area contributed by atoms with Crippen LogP contribution in [0, 0.1) is 0 Å². The summed E-state index contributed by atoms with van der Waals surface area (Å²) in [7, 11) is 0. The molecule has 20 rings (SSSR count). The van der Waals surface area contributed by atoms with Gasteiger partial charge in [0.1, 0.15) is 0 Å². The third-order valence-corrected chi connectivity index (χ3v) is 19.7. The van der Waals surface area contributed by atoms with E-state index in [4.69, 9.17) is 29.9 Å². The first-order valence-corrected chi connectivity index (χ1v) is 35.7. The van der Waals surface area contributed by atoms with Crippen LogP contribution in [-0.2, 0) is 0 Å². The first kappa shape index (κ1) is 63.4. The molecular weight excluding hydrogens is 1350 g/mol. The minimum atomic E-state index is 0.711. The highest BCUT2D eigenvalue weighted by atomic mass is 79.9. The van der Waals surface area contributed by atoms with Gasteiger partial charge in [0.2, 0.25) is 11.9 Å². The molecule has 2 aliphatic heterocycles. The molecule has 496 valence electrons. The normalized spacial score (nSPS) is 11.5. The Kier molecular flexibility index (Phi) is 16.9. The molecule has 0 spiro atoms. The van der Waals surface area contributed by atoms with Crippen molar-refractivity contribution < 1.29 is 0 Å². The van der Waals surface area contributed by atoms with E-state index in [0.717, 1.165) is 140 Å². The highest BCUT2D eigenvalue weighted by Crippen LogP contribution is 2.48. The van der Waals surface area contributed by atoms with E-state index in [1.165, 1.54) is 33.4 Å². The van der Waals surface area contributed by atoms with Gasteiger partial charge in [0, 0.05) is 71.5 Å². The van der Waals surface area contributed by atoms with Gasteiger partial charge in [-0.15, -0.1) is 0 Å². The molecule has 11 heteroatoms. The number of hydrogen-bond acceptors (Lipinski definition) is 8. The molecule has 0 radical (unpaired) electrons. The maximum Gasteiger partial charge on any atom is 0.220 e. The number of benzene rings is 14. The van der Waals surface area contributed by atoms with E-state index in [-0.39, 0.29) is 0 Å². The van der Waals surface area contributed by atoms with Gasteiger partial charge in [0.25, 0.3) is 0 Å². The summed E-state index contributed by atoms with van der Waals surface area (Å²) in [5, 5.41) is 3.49. The van der Waals surface area contributed by atoms with Crippen LogP contribution in [0.15, 0.2) is 381 Å². The van der Waals surface area contributed by atoms with Crippen molar-refractivity contribution in [2.24, 2.45) is 0 Å². The molecule has 14 aromatic carbocycles. The molecule has 0 aliphatic carbocycles. The summed E-state index contributed by atoms with van der Waals surface area (Å²) in [6.45, 7) is 0. The molecule has 10 nitrogen and oxygen atoms in total. The fourth-order valence-corrected chi connectivity index (χ4v) is 14.3. The van der Waals surface area contributed by atoms with Crippen LogP contribution in [-0.4, -0.2) is 39.0 Å². The maximum atomic E-state index is 5.22. The van der Waals surface area contributed by atoms with E-state index < -0.39 is 0 Å². The van der Waals surface area contributed by atoms with Gasteiger partial charge in [0.05, 0.1) is 61.9 Å². The summed E-state index contributed by atoms with van der Waals surface area (Å²) < 4.78 is 5.57. The van der Waals surface area contributed by atoms with Crippen LogP contribution in [0.5, 0.6) is 0 Å². The molecule has 18 aromatic rings. The molecule has 105 heavy (non-hydrogen) atoms. The predicted octanol–water partition coefficient (Wildman–Crippen LogP) is 24.6. The maximum absolute atomic E-state index is 5.22. The number of anilines is 5. The number of fused-ring (bicyclic) bond motifs is 14. The number of nitrogens with one attached hydrogen (secondary N) is 1. The molecule has 4 aromatic heterocycles. The van der Waals surface area contributed by atoms with Crippen molar-refractivity contribution in [1.82, 2.24) is 39.0 Å². The Balaban J connectivity index is 0.000000124. The summed E-state index contributed by atoms with van der Waals surface area (Å²) >= 11 is 3.50. The van der Waals surface area contributed by atoms with Crippen molar-refractivity contribution in [3.05, 3.63) is 381 Å². The molecule has 0 bridgehead atoms. The van der Waals surface area contributed by atoms with Crippen LogP contribution in [0.25, 0.3) is 146 Å². The second-order valence-electron chi connectivity index (χ2n) is 25.6. The molecule has 0 saturated heterocycles. The lowest BCUT2D eigenvalue weighted by Crippen LogP contribution is -2.14. The van der Waals surface area contributed by atoms with Crippen molar-refractivity contribution in [2.75, 3.05) is 10.2 Å². The van der Waals surface area contributed by atoms with E-state index >= 15 is 0 Å². The van der Waals surface area contributed by atoms with Gasteiger partial charge in [0.15, 0.2) is 11.6 Å². The van der Waals surface area contributed by atoms with E-state index in [1.807, 2.05) is 103 Å². The first-order valence-electron chi connectivity index (χ1n) is 34.9. The highest BCUT2D eigenvalue weighted by molar-refractivity contribution is 9.10. The SMILES string of the molecule is Brc1ccc(-c2ccc(-c3cc(-c4ccccc4)nc(-c4ccccc4)n3)cc2)cc1.c1ccc(-c2cc(-c3ccc(-c4ccc(N5c6ccccc6-c6ccccc6-n6c5nc5ccccc56)cc4)cc3)nc(-c3ccccc3)n2)cc1.c1ccc2c(c1)Nc1nc3ccccc3n1-c1ccccc1-2. The standard InChI is InChI=1S/C47H31N5.C28H19BrN2.C19H13N3/c1-3-13-34(14-4-1)41-31-42(49-46(48-41)36-15-5-2-6-16-36)35-25-23-32(24-26-35)33-27-29-37(30-28-33)51-43-20-10-7-17-38(43)39-18-8-11-21-44(39)52-45-22-12-9-19-40(45)50-47(51)52;29-25-17-15-21(16-18-25)20-11-13-23(14-12-20)27-19-26(22-7-3-1-4-8-22)30-28(31-27)24-9-5-2-6-10-24;1-3-9-15-13(7-1)14-8-2-5-11-17(14)22-18-12-6-4-10-16(18)21-19(22)20-15/h1-31H;1-19H;1-12H,(H,20,21). The number of imidazole rings is 2. The molecular formula is C94H63BrN10. The zero-order chi connectivity index (χ0) is 70.0. The molecule has 0 fully saturated rings. The van der Waals surface area contributed by atoms with Crippen LogP contribution in [0.1, 0.15) is 0 Å². The van der Waals surface area contributed by atoms with Crippen molar-refractivity contribution in [3.8, 4) is 124 Å². The monoisotopic (exact) mass is 1410 g/mol. The van der Waals surface area contributed by atoms with Gasteiger partial charge in [-0.2, -0.15) is 0 Å². The Hall–Kier alpha value is -13.7. The molecule has 0 unspecified atom stereocenters. The van der Waals surface area contributed by atoms with E-state index in [2.05, 4.69) is 308 Å². The van der Waals surface area contributed by atoms with Gasteiger partial charge in [-0.05, 0) is 107 Å². The van der Waals surface area contributed by atoms with Crippen molar-refractivity contribution in [3.63, 3.8) is 0 Å². The zero-order valence-electron chi connectivity index (χ0n) is 56.7. The average Bonchev–Trinajstić information content (AvgIpc) is 1.58. The van der Waals surface area contributed by atoms with Gasteiger partial charge in [-0.1, -0.05) is 307 Å². The zero-order valence-corrected chi connectivity index (χ0v) is 58.3. The second kappa shape index (κ2) is 28.0. The van der Waals surface area contributed by atoms with Crippen molar-refractivity contribution in [1.29, 1.82) is 0 Å². The topological polar surface area (TPSA) is 102 Å². The van der Waals surface area contributed by atoms with Gasteiger partial charge in [-0.25, -0.2) is 29.9 Å². The molecule has 6 heterocycles. The lowest BCUT2D eigenvalue weighted by atomic mass is 10.00. The van der Waals surface area contributed by atoms with Crippen LogP contribution in [0.3, 0.4) is 0 Å². The Morgan fingerprint density at radius 2 is 0.581 bits per heavy atom. The predicted molar refractivity (Wildman–Crippen MR) is 433 cm³/mol. The van der Waals surface area contributed by atoms with E-state index in [9.17, 15) is 0 Å². The minimum absolute atomic E-state index is 0.711. The second-order valence-corrected chi connectivity index (χ2v) is 26.6. The lowest BCUT2D eigenvalue weighted by molar-refractivity contribution is 1.05. The lowest BCUT2D eigenvalue weighted by Gasteiger charge is -2.24. The number of para-hydroxylation sites is 8. The number of halogens is 1. The van der Waals surface area contributed by atoms with Gasteiger partial charge >= 0.3 is 0 Å². The quantitative estimate of drug-likeness (QED) is 0.152. The van der Waals surface area contributed by atoms with E-state index in [0.29, 0.717) is 5.82 Å². The first-order chi connectivity index (χ1) is 52.0.